The van der Waals surface area contributed by atoms with Crippen LogP contribution in [0.15, 0.2) is 42.5 Å². The van der Waals surface area contributed by atoms with Gasteiger partial charge in [-0.05, 0) is 30.2 Å². The molecule has 0 radical (unpaired) electrons. The Balaban J connectivity index is 1.26. The minimum atomic E-state index is -0.611. The molecule has 2 aromatic carbocycles. The van der Waals surface area contributed by atoms with E-state index in [1.807, 2.05) is 12.1 Å². The zero-order chi connectivity index (χ0) is 20.2. The third-order valence-electron chi connectivity index (χ3n) is 5.45. The van der Waals surface area contributed by atoms with Crippen LogP contribution in [-0.2, 0) is 11.2 Å². The summed E-state index contributed by atoms with van der Waals surface area (Å²) >= 11 is 6.31. The molecule has 0 saturated carbocycles. The molecule has 1 saturated heterocycles. The van der Waals surface area contributed by atoms with E-state index < -0.39 is 6.10 Å². The molecule has 2 aliphatic rings. The summed E-state index contributed by atoms with van der Waals surface area (Å²) in [4.78, 5) is 16.2. The van der Waals surface area contributed by atoms with Gasteiger partial charge in [-0.3, -0.25) is 9.69 Å². The Morgan fingerprint density at radius 3 is 2.62 bits per heavy atom. The molecule has 7 heteroatoms. The van der Waals surface area contributed by atoms with Crippen molar-refractivity contribution >= 4 is 28.9 Å². The van der Waals surface area contributed by atoms with Crippen LogP contribution >= 0.6 is 11.6 Å². The highest BCUT2D eigenvalue weighted by molar-refractivity contribution is 6.32. The fraction of sp³-hybridized carbons (Fsp3) is 0.409. The number of carbonyl (C=O) groups is 1. The fourth-order valence-electron chi connectivity index (χ4n) is 3.85. The molecule has 1 fully saturated rings. The van der Waals surface area contributed by atoms with Crippen molar-refractivity contribution in [3.05, 3.63) is 53.1 Å². The third-order valence-corrected chi connectivity index (χ3v) is 5.74. The lowest BCUT2D eigenvalue weighted by atomic mass is 10.0. The summed E-state index contributed by atoms with van der Waals surface area (Å²) in [7, 11) is 0. The number of piperazine rings is 1. The van der Waals surface area contributed by atoms with Crippen molar-refractivity contribution in [1.29, 1.82) is 0 Å². The van der Waals surface area contributed by atoms with Crippen molar-refractivity contribution in [3.63, 3.8) is 0 Å². The Kier molecular flexibility index (Phi) is 6.23. The lowest BCUT2D eigenvalue weighted by Gasteiger charge is -2.36. The third kappa shape index (κ3) is 5.01. The fourth-order valence-corrected chi connectivity index (χ4v) is 4.09. The maximum atomic E-state index is 11.6. The van der Waals surface area contributed by atoms with Gasteiger partial charge in [0.2, 0.25) is 5.91 Å². The van der Waals surface area contributed by atoms with E-state index in [9.17, 15) is 9.90 Å². The van der Waals surface area contributed by atoms with E-state index in [1.54, 1.807) is 6.07 Å². The van der Waals surface area contributed by atoms with Gasteiger partial charge in [-0.2, -0.15) is 0 Å². The van der Waals surface area contributed by atoms with E-state index in [4.69, 9.17) is 16.3 Å². The summed E-state index contributed by atoms with van der Waals surface area (Å²) in [6.45, 7) is 4.39. The summed E-state index contributed by atoms with van der Waals surface area (Å²) in [5.41, 5.74) is 3.00. The van der Waals surface area contributed by atoms with Gasteiger partial charge in [-0.15, -0.1) is 0 Å². The Morgan fingerprint density at radius 2 is 1.86 bits per heavy atom. The molecule has 6 nitrogen and oxygen atoms in total. The molecule has 2 heterocycles. The molecule has 2 aliphatic heterocycles. The van der Waals surface area contributed by atoms with E-state index in [2.05, 4.69) is 39.4 Å². The first-order valence-corrected chi connectivity index (χ1v) is 10.4. The Morgan fingerprint density at radius 1 is 1.10 bits per heavy atom. The van der Waals surface area contributed by atoms with E-state index in [0.717, 1.165) is 37.4 Å². The molecule has 154 valence electrons. The van der Waals surface area contributed by atoms with Gasteiger partial charge < -0.3 is 20.1 Å². The summed E-state index contributed by atoms with van der Waals surface area (Å²) < 4.78 is 5.76. The number of aliphatic hydroxyl groups excluding tert-OH is 1. The molecule has 1 amide bonds. The van der Waals surface area contributed by atoms with Crippen molar-refractivity contribution in [3.8, 4) is 5.75 Å². The number of hydrogen-bond donors (Lipinski definition) is 2. The van der Waals surface area contributed by atoms with Crippen LogP contribution in [0.5, 0.6) is 5.75 Å². The summed E-state index contributed by atoms with van der Waals surface area (Å²) in [6, 6.07) is 14.0. The molecule has 0 aliphatic carbocycles. The molecule has 0 bridgehead atoms. The van der Waals surface area contributed by atoms with Gasteiger partial charge >= 0.3 is 0 Å². The van der Waals surface area contributed by atoms with Crippen LogP contribution in [-0.4, -0.2) is 61.3 Å². The lowest BCUT2D eigenvalue weighted by molar-refractivity contribution is -0.116. The Bertz CT molecular complexity index is 854. The highest BCUT2D eigenvalue weighted by Crippen LogP contribution is 2.34. The molecule has 2 aromatic rings. The number of aryl methyl sites for hydroxylation is 1. The first-order valence-electron chi connectivity index (χ1n) is 10.0. The lowest BCUT2D eigenvalue weighted by Crippen LogP contribution is -2.49. The molecular weight excluding hydrogens is 390 g/mol. The molecule has 1 atom stereocenters. The second kappa shape index (κ2) is 9.03. The number of rotatable bonds is 6. The standard InChI is InChI=1S/C22H26ClN3O3/c23-19-12-16-6-7-22(28)24-20(16)13-21(19)29-15-18(27)14-25-8-10-26(11-9-25)17-4-2-1-3-5-17/h1-5,12-13,18,27H,6-11,14-15H2,(H,24,28). The normalized spacial score (nSPS) is 18.1. The van der Waals surface area contributed by atoms with Gasteiger partial charge in [0.15, 0.2) is 0 Å². The van der Waals surface area contributed by atoms with Gasteiger partial charge in [0.05, 0.1) is 5.02 Å². The number of carbonyl (C=O) groups excluding carboxylic acids is 1. The van der Waals surface area contributed by atoms with Crippen LogP contribution in [0.1, 0.15) is 12.0 Å². The first kappa shape index (κ1) is 20.0. The zero-order valence-corrected chi connectivity index (χ0v) is 17.1. The van der Waals surface area contributed by atoms with Crippen molar-refractivity contribution in [1.82, 2.24) is 4.90 Å². The predicted octanol–water partition coefficient (Wildman–Crippen LogP) is 2.79. The van der Waals surface area contributed by atoms with E-state index in [-0.39, 0.29) is 12.5 Å². The van der Waals surface area contributed by atoms with Crippen LogP contribution < -0.4 is 15.0 Å². The van der Waals surface area contributed by atoms with Crippen molar-refractivity contribution in [2.24, 2.45) is 0 Å². The van der Waals surface area contributed by atoms with Crippen LogP contribution in [0.2, 0.25) is 5.02 Å². The topological polar surface area (TPSA) is 65.0 Å². The van der Waals surface area contributed by atoms with Gasteiger partial charge in [-0.25, -0.2) is 0 Å². The largest absolute Gasteiger partial charge is 0.489 e. The quantitative estimate of drug-likeness (QED) is 0.759. The average Bonchev–Trinajstić information content (AvgIpc) is 2.74. The number of halogens is 1. The second-order valence-corrected chi connectivity index (χ2v) is 7.98. The van der Waals surface area contributed by atoms with Crippen LogP contribution in [0.4, 0.5) is 11.4 Å². The number of aliphatic hydroxyl groups is 1. The maximum absolute atomic E-state index is 11.6. The van der Waals surface area contributed by atoms with Crippen LogP contribution in [0.25, 0.3) is 0 Å². The van der Waals surface area contributed by atoms with Gasteiger partial charge in [0, 0.05) is 56.6 Å². The molecule has 4 rings (SSSR count). The number of benzene rings is 2. The second-order valence-electron chi connectivity index (χ2n) is 7.58. The van der Waals surface area contributed by atoms with Gasteiger partial charge in [0.25, 0.3) is 0 Å². The minimum absolute atomic E-state index is 0.000419. The average molecular weight is 416 g/mol. The summed E-state index contributed by atoms with van der Waals surface area (Å²) in [5, 5.41) is 13.8. The van der Waals surface area contributed by atoms with Crippen molar-refractivity contribution < 1.29 is 14.6 Å². The van der Waals surface area contributed by atoms with Crippen LogP contribution in [0, 0.1) is 0 Å². The number of nitrogens with zero attached hydrogens (tertiary/aromatic N) is 2. The number of anilines is 2. The highest BCUT2D eigenvalue weighted by Gasteiger charge is 2.21. The SMILES string of the molecule is O=C1CCc2cc(Cl)c(OCC(O)CN3CCN(c4ccccc4)CC3)cc2N1. The number of nitrogens with one attached hydrogen (secondary N) is 1. The zero-order valence-electron chi connectivity index (χ0n) is 16.3. The monoisotopic (exact) mass is 415 g/mol. The van der Waals surface area contributed by atoms with Crippen molar-refractivity contribution in [2.75, 3.05) is 49.5 Å². The molecule has 2 N–H and O–H groups in total. The molecule has 1 unspecified atom stereocenters. The van der Waals surface area contributed by atoms with Gasteiger partial charge in [-0.1, -0.05) is 29.8 Å². The summed E-state index contributed by atoms with van der Waals surface area (Å²) in [5.74, 6) is 0.487. The molecule has 29 heavy (non-hydrogen) atoms. The predicted molar refractivity (Wildman–Crippen MR) is 115 cm³/mol. The van der Waals surface area contributed by atoms with E-state index in [0.29, 0.717) is 30.2 Å². The minimum Gasteiger partial charge on any atom is -0.489 e. The first-order chi connectivity index (χ1) is 14.1. The number of ether oxygens (including phenoxy) is 1. The highest BCUT2D eigenvalue weighted by atomic mass is 35.5. The molecular formula is C22H26ClN3O3. The smallest absolute Gasteiger partial charge is 0.224 e. The van der Waals surface area contributed by atoms with Crippen molar-refractivity contribution in [2.45, 2.75) is 18.9 Å². The Hall–Kier alpha value is -2.28. The number of hydrogen-bond acceptors (Lipinski definition) is 5. The molecule has 0 spiro atoms. The molecule has 0 aromatic heterocycles. The maximum Gasteiger partial charge on any atom is 0.224 e. The van der Waals surface area contributed by atoms with Crippen LogP contribution in [0.3, 0.4) is 0 Å². The van der Waals surface area contributed by atoms with Gasteiger partial charge in [0.1, 0.15) is 18.5 Å². The number of β-amino-alcohol motifs (C(OH)–C–C–N with tert-alkyl or cyclic N) is 1. The van der Waals surface area contributed by atoms with E-state index in [1.165, 1.54) is 5.69 Å². The number of para-hydroxylation sites is 1. The Labute approximate surface area is 176 Å². The number of amides is 1. The number of fused-ring (bicyclic) bond motifs is 1. The summed E-state index contributed by atoms with van der Waals surface area (Å²) in [6.07, 6.45) is 0.540. The van der Waals surface area contributed by atoms with E-state index >= 15 is 0 Å².